The number of benzene rings is 2. The molecule has 0 aromatic heterocycles. The minimum atomic E-state index is -3.94. The van der Waals surface area contributed by atoms with E-state index in [2.05, 4.69) is 10.0 Å². The summed E-state index contributed by atoms with van der Waals surface area (Å²) < 4.78 is 46.4. The minimum absolute atomic E-state index is 0.0348. The number of para-hydroxylation sites is 1. The fourth-order valence-electron chi connectivity index (χ4n) is 3.27. The van der Waals surface area contributed by atoms with Gasteiger partial charge in [-0.05, 0) is 56.2 Å². The topological polar surface area (TPSA) is 84.5 Å². The molecule has 2 aromatic rings. The first kappa shape index (κ1) is 21.1. The van der Waals surface area contributed by atoms with Crippen LogP contribution in [0.4, 0.5) is 10.1 Å². The fourth-order valence-corrected chi connectivity index (χ4v) is 4.34. The summed E-state index contributed by atoms with van der Waals surface area (Å²) in [5, 5.41) is 3.00. The van der Waals surface area contributed by atoms with E-state index in [0.717, 1.165) is 25.7 Å². The Morgan fingerprint density at radius 1 is 1.07 bits per heavy atom. The summed E-state index contributed by atoms with van der Waals surface area (Å²) in [6.45, 7) is 1.66. The number of hydrogen-bond acceptors (Lipinski definition) is 4. The van der Waals surface area contributed by atoms with Gasteiger partial charge in [-0.2, -0.15) is 0 Å². The third-order valence-electron chi connectivity index (χ3n) is 4.89. The average molecular weight is 421 g/mol. The van der Waals surface area contributed by atoms with Crippen LogP contribution in [-0.2, 0) is 14.8 Å². The third-order valence-corrected chi connectivity index (χ3v) is 6.27. The summed E-state index contributed by atoms with van der Waals surface area (Å²) in [5.74, 6) is -0.468. The van der Waals surface area contributed by atoms with Crippen molar-refractivity contribution in [3.05, 3.63) is 54.3 Å². The number of anilines is 1. The van der Waals surface area contributed by atoms with Crippen molar-refractivity contribution in [2.75, 3.05) is 4.72 Å². The molecule has 0 bridgehead atoms. The molecule has 0 heterocycles. The van der Waals surface area contributed by atoms with Crippen LogP contribution in [0.25, 0.3) is 0 Å². The quantitative estimate of drug-likeness (QED) is 0.713. The zero-order chi connectivity index (χ0) is 20.9. The van der Waals surface area contributed by atoms with Gasteiger partial charge in [-0.3, -0.25) is 9.52 Å². The van der Waals surface area contributed by atoms with Crippen molar-refractivity contribution in [3.8, 4) is 5.75 Å². The number of ether oxygens (including phenoxy) is 1. The second-order valence-corrected chi connectivity index (χ2v) is 8.84. The lowest BCUT2D eigenvalue weighted by molar-refractivity contribution is -0.128. The maximum absolute atomic E-state index is 13.7. The number of nitrogens with one attached hydrogen (secondary N) is 2. The molecular formula is C21H25FN2O4S. The van der Waals surface area contributed by atoms with Gasteiger partial charge in [-0.1, -0.05) is 31.4 Å². The van der Waals surface area contributed by atoms with Gasteiger partial charge in [-0.25, -0.2) is 12.8 Å². The molecule has 3 rings (SSSR count). The molecule has 1 aliphatic carbocycles. The van der Waals surface area contributed by atoms with Crippen LogP contribution in [-0.4, -0.2) is 26.5 Å². The molecule has 0 spiro atoms. The zero-order valence-corrected chi connectivity index (χ0v) is 17.0. The van der Waals surface area contributed by atoms with Gasteiger partial charge in [0.25, 0.3) is 15.9 Å². The highest BCUT2D eigenvalue weighted by atomic mass is 32.2. The van der Waals surface area contributed by atoms with E-state index in [9.17, 15) is 17.6 Å². The summed E-state index contributed by atoms with van der Waals surface area (Å²) in [4.78, 5) is 12.3. The molecule has 29 heavy (non-hydrogen) atoms. The van der Waals surface area contributed by atoms with Crippen LogP contribution in [0.3, 0.4) is 0 Å². The van der Waals surface area contributed by atoms with E-state index in [4.69, 9.17) is 4.74 Å². The van der Waals surface area contributed by atoms with Gasteiger partial charge in [-0.15, -0.1) is 0 Å². The highest BCUT2D eigenvalue weighted by Gasteiger charge is 2.21. The Labute approximate surface area is 170 Å². The molecule has 0 unspecified atom stereocenters. The van der Waals surface area contributed by atoms with Crippen molar-refractivity contribution in [3.63, 3.8) is 0 Å². The molecule has 2 aromatic carbocycles. The first-order valence-corrected chi connectivity index (χ1v) is 11.2. The lowest BCUT2D eigenvalue weighted by Gasteiger charge is -2.24. The summed E-state index contributed by atoms with van der Waals surface area (Å²) in [6, 6.07) is 11.4. The summed E-state index contributed by atoms with van der Waals surface area (Å²) in [7, 11) is -3.94. The number of carbonyl (C=O) groups excluding carboxylic acids is 1. The minimum Gasteiger partial charge on any atom is -0.481 e. The van der Waals surface area contributed by atoms with Crippen LogP contribution >= 0.6 is 0 Å². The van der Waals surface area contributed by atoms with Crippen molar-refractivity contribution in [2.45, 2.75) is 56.1 Å². The monoisotopic (exact) mass is 420 g/mol. The predicted molar refractivity (Wildman–Crippen MR) is 109 cm³/mol. The standard InChI is InChI=1S/C21H25FN2O4S/c1-15(21(25)23-16-7-3-2-4-8-16)28-17-11-13-18(14-12-17)29(26,27)24-20-10-6-5-9-19(20)22/h5-6,9-16,24H,2-4,7-8H2,1H3,(H,23,25)/t15-/m1/s1. The van der Waals surface area contributed by atoms with E-state index >= 15 is 0 Å². The van der Waals surface area contributed by atoms with E-state index in [-0.39, 0.29) is 22.5 Å². The molecule has 8 heteroatoms. The van der Waals surface area contributed by atoms with Gasteiger partial charge in [0, 0.05) is 6.04 Å². The van der Waals surface area contributed by atoms with Crippen molar-refractivity contribution in [2.24, 2.45) is 0 Å². The molecule has 1 aliphatic rings. The molecule has 1 saturated carbocycles. The van der Waals surface area contributed by atoms with Crippen molar-refractivity contribution in [1.82, 2.24) is 5.32 Å². The highest BCUT2D eigenvalue weighted by molar-refractivity contribution is 7.92. The van der Waals surface area contributed by atoms with E-state index in [1.165, 1.54) is 55.0 Å². The Kier molecular flexibility index (Phi) is 6.74. The Morgan fingerprint density at radius 2 is 1.72 bits per heavy atom. The number of sulfonamides is 1. The molecule has 2 N–H and O–H groups in total. The van der Waals surface area contributed by atoms with Crippen LogP contribution < -0.4 is 14.8 Å². The van der Waals surface area contributed by atoms with Gasteiger partial charge < -0.3 is 10.1 Å². The number of hydrogen-bond donors (Lipinski definition) is 2. The Bertz CT molecular complexity index is 941. The Morgan fingerprint density at radius 3 is 2.38 bits per heavy atom. The molecule has 0 saturated heterocycles. The molecule has 1 atom stereocenters. The van der Waals surface area contributed by atoms with Crippen LogP contribution in [0.15, 0.2) is 53.4 Å². The third kappa shape index (κ3) is 5.69. The summed E-state index contributed by atoms with van der Waals surface area (Å²) in [5.41, 5.74) is -0.124. The molecule has 1 amide bonds. The zero-order valence-electron chi connectivity index (χ0n) is 16.2. The summed E-state index contributed by atoms with van der Waals surface area (Å²) >= 11 is 0. The molecule has 156 valence electrons. The number of amides is 1. The Hall–Kier alpha value is -2.61. The van der Waals surface area contributed by atoms with Gasteiger partial charge in [0.1, 0.15) is 11.6 Å². The molecule has 0 aliphatic heterocycles. The summed E-state index contributed by atoms with van der Waals surface area (Å²) in [6.07, 6.45) is 4.73. The number of halogens is 1. The highest BCUT2D eigenvalue weighted by Crippen LogP contribution is 2.22. The van der Waals surface area contributed by atoms with E-state index in [1.54, 1.807) is 6.92 Å². The first-order chi connectivity index (χ1) is 13.8. The van der Waals surface area contributed by atoms with Crippen LogP contribution in [0, 0.1) is 5.82 Å². The lowest BCUT2D eigenvalue weighted by atomic mass is 9.95. The van der Waals surface area contributed by atoms with E-state index < -0.39 is 21.9 Å². The van der Waals surface area contributed by atoms with Gasteiger partial charge in [0.2, 0.25) is 0 Å². The second kappa shape index (κ2) is 9.26. The molecule has 1 fully saturated rings. The van der Waals surface area contributed by atoms with Gasteiger partial charge >= 0.3 is 0 Å². The van der Waals surface area contributed by atoms with Gasteiger partial charge in [0.15, 0.2) is 6.10 Å². The number of carbonyl (C=O) groups is 1. The normalized spacial score (nSPS) is 16.1. The van der Waals surface area contributed by atoms with Crippen LogP contribution in [0.2, 0.25) is 0 Å². The molecular weight excluding hydrogens is 395 g/mol. The van der Waals surface area contributed by atoms with Crippen molar-refractivity contribution in [1.29, 1.82) is 0 Å². The van der Waals surface area contributed by atoms with Crippen LogP contribution in [0.5, 0.6) is 5.75 Å². The largest absolute Gasteiger partial charge is 0.481 e. The SMILES string of the molecule is C[C@@H](Oc1ccc(S(=O)(=O)Nc2ccccc2F)cc1)C(=O)NC1CCCCC1. The second-order valence-electron chi connectivity index (χ2n) is 7.16. The maximum atomic E-state index is 13.7. The molecule has 0 radical (unpaired) electrons. The predicted octanol–water partition coefficient (Wildman–Crippen LogP) is 3.84. The average Bonchev–Trinajstić information content (AvgIpc) is 2.71. The number of rotatable bonds is 7. The molecule has 6 nitrogen and oxygen atoms in total. The van der Waals surface area contributed by atoms with Gasteiger partial charge in [0.05, 0.1) is 10.6 Å². The Balaban J connectivity index is 1.60. The fraction of sp³-hybridized carbons (Fsp3) is 0.381. The first-order valence-electron chi connectivity index (χ1n) is 9.69. The van der Waals surface area contributed by atoms with Crippen LogP contribution in [0.1, 0.15) is 39.0 Å². The lowest BCUT2D eigenvalue weighted by Crippen LogP contribution is -2.43. The van der Waals surface area contributed by atoms with Crippen molar-refractivity contribution < 1.29 is 22.3 Å². The maximum Gasteiger partial charge on any atom is 0.261 e. The smallest absolute Gasteiger partial charge is 0.261 e. The van der Waals surface area contributed by atoms with Crippen molar-refractivity contribution >= 4 is 21.6 Å². The van der Waals surface area contributed by atoms with E-state index in [1.807, 2.05) is 0 Å². The van der Waals surface area contributed by atoms with E-state index in [0.29, 0.717) is 5.75 Å².